The molecule has 1 aliphatic rings. The summed E-state index contributed by atoms with van der Waals surface area (Å²) in [6, 6.07) is 11.5. The molecule has 0 saturated heterocycles. The molecular formula is C27H41N5O2. The predicted octanol–water partition coefficient (Wildman–Crippen LogP) is 4.73. The smallest absolute Gasteiger partial charge is 0.242 e. The number of nitrogens with one attached hydrogen (secondary N) is 3. The third-order valence-electron chi connectivity index (χ3n) is 6.12. The molecular weight excluding hydrogens is 426 g/mol. The molecule has 0 unspecified atom stereocenters. The normalized spacial score (nSPS) is 15.2. The van der Waals surface area contributed by atoms with Gasteiger partial charge < -0.3 is 20.7 Å². The van der Waals surface area contributed by atoms with Crippen molar-refractivity contribution >= 4 is 17.7 Å². The molecule has 1 atom stereocenters. The lowest BCUT2D eigenvalue weighted by Gasteiger charge is -2.22. The summed E-state index contributed by atoms with van der Waals surface area (Å²) in [5, 5.41) is 9.85. The molecule has 0 aliphatic heterocycles. The van der Waals surface area contributed by atoms with E-state index in [9.17, 15) is 4.79 Å². The van der Waals surface area contributed by atoms with Crippen LogP contribution < -0.4 is 16.0 Å². The summed E-state index contributed by atoms with van der Waals surface area (Å²) in [6.07, 6.45) is 8.07. The van der Waals surface area contributed by atoms with E-state index in [0.29, 0.717) is 37.3 Å². The molecule has 1 fully saturated rings. The van der Waals surface area contributed by atoms with Gasteiger partial charge in [-0.3, -0.25) is 4.79 Å². The molecule has 1 amide bonds. The summed E-state index contributed by atoms with van der Waals surface area (Å²) < 4.78 is 5.58. The van der Waals surface area contributed by atoms with Crippen LogP contribution in [0, 0.1) is 12.8 Å². The van der Waals surface area contributed by atoms with E-state index in [1.807, 2.05) is 57.2 Å². The van der Waals surface area contributed by atoms with Crippen molar-refractivity contribution in [1.82, 2.24) is 15.3 Å². The minimum Gasteiger partial charge on any atom is -0.379 e. The molecule has 2 aromatic rings. The van der Waals surface area contributed by atoms with Crippen LogP contribution in [0.15, 0.2) is 36.4 Å². The van der Waals surface area contributed by atoms with Gasteiger partial charge in [0.2, 0.25) is 11.9 Å². The van der Waals surface area contributed by atoms with Crippen molar-refractivity contribution in [2.24, 2.45) is 5.92 Å². The highest BCUT2D eigenvalue weighted by Gasteiger charge is 2.20. The van der Waals surface area contributed by atoms with Crippen LogP contribution in [0.3, 0.4) is 0 Å². The largest absolute Gasteiger partial charge is 0.379 e. The Kier molecular flexibility index (Phi) is 10.6. The second-order valence-corrected chi connectivity index (χ2v) is 9.55. The van der Waals surface area contributed by atoms with Gasteiger partial charge in [-0.15, -0.1) is 0 Å². The van der Waals surface area contributed by atoms with Crippen LogP contribution in [0.4, 0.5) is 11.8 Å². The van der Waals surface area contributed by atoms with Gasteiger partial charge in [0.15, 0.2) is 0 Å². The fraction of sp³-hybridized carbons (Fsp3) is 0.593. The van der Waals surface area contributed by atoms with Gasteiger partial charge in [-0.2, -0.15) is 4.98 Å². The Bertz CT molecular complexity index is 869. The van der Waals surface area contributed by atoms with Crippen molar-refractivity contribution in [3.8, 4) is 0 Å². The molecule has 0 spiro atoms. The Morgan fingerprint density at radius 2 is 1.88 bits per heavy atom. The van der Waals surface area contributed by atoms with Crippen LogP contribution in [0.1, 0.15) is 63.6 Å². The van der Waals surface area contributed by atoms with Gasteiger partial charge in [0.05, 0.1) is 6.10 Å². The van der Waals surface area contributed by atoms with Gasteiger partial charge >= 0.3 is 0 Å². The van der Waals surface area contributed by atoms with Gasteiger partial charge in [-0.1, -0.05) is 49.6 Å². The highest BCUT2D eigenvalue weighted by atomic mass is 16.5. The van der Waals surface area contributed by atoms with E-state index in [1.54, 1.807) is 0 Å². The first-order valence-corrected chi connectivity index (χ1v) is 12.8. The average Bonchev–Trinajstić information content (AvgIpc) is 2.83. The molecule has 1 saturated carbocycles. The third-order valence-corrected chi connectivity index (χ3v) is 6.12. The van der Waals surface area contributed by atoms with Crippen LogP contribution in [0.25, 0.3) is 0 Å². The van der Waals surface area contributed by atoms with Crippen LogP contribution in [-0.2, 0) is 16.0 Å². The van der Waals surface area contributed by atoms with Crippen LogP contribution in [0.2, 0.25) is 0 Å². The molecule has 1 aromatic heterocycles. The van der Waals surface area contributed by atoms with Crippen molar-refractivity contribution in [2.45, 2.75) is 77.9 Å². The standard InChI is InChI=1S/C27H41N5O2/c1-20(2)34-16-10-15-28-26(33)24(18-22-11-6-4-7-12-22)31-25-17-21(3)30-27(32-25)29-19-23-13-8-5-9-14-23/h4,6-7,11-12,17,20,23-24H,5,8-10,13-16,18-19H2,1-3H3,(H,28,33)(H2,29,30,31,32)/t24-/m0/s1. The Balaban J connectivity index is 1.63. The molecule has 1 heterocycles. The molecule has 34 heavy (non-hydrogen) atoms. The monoisotopic (exact) mass is 467 g/mol. The lowest BCUT2D eigenvalue weighted by molar-refractivity contribution is -0.121. The first-order valence-electron chi connectivity index (χ1n) is 12.8. The number of aryl methyl sites for hydroxylation is 1. The number of nitrogens with zero attached hydrogens (tertiary/aromatic N) is 2. The molecule has 186 valence electrons. The van der Waals surface area contributed by atoms with Crippen molar-refractivity contribution in [3.05, 3.63) is 47.7 Å². The van der Waals surface area contributed by atoms with Gasteiger partial charge in [0, 0.05) is 37.9 Å². The second-order valence-electron chi connectivity index (χ2n) is 9.55. The summed E-state index contributed by atoms with van der Waals surface area (Å²) >= 11 is 0. The quantitative estimate of drug-likeness (QED) is 0.369. The van der Waals surface area contributed by atoms with Gasteiger partial charge in [0.1, 0.15) is 11.9 Å². The molecule has 7 heteroatoms. The maximum atomic E-state index is 13.1. The molecule has 0 radical (unpaired) electrons. The number of rotatable bonds is 13. The van der Waals surface area contributed by atoms with Gasteiger partial charge in [0.25, 0.3) is 0 Å². The Hall–Kier alpha value is -2.67. The Morgan fingerprint density at radius 1 is 1.12 bits per heavy atom. The van der Waals surface area contributed by atoms with Crippen molar-refractivity contribution in [1.29, 1.82) is 0 Å². The zero-order valence-corrected chi connectivity index (χ0v) is 21.0. The molecule has 3 N–H and O–H groups in total. The minimum atomic E-state index is -0.436. The van der Waals surface area contributed by atoms with E-state index in [-0.39, 0.29) is 12.0 Å². The van der Waals surface area contributed by atoms with Crippen molar-refractivity contribution in [2.75, 3.05) is 30.3 Å². The van der Waals surface area contributed by atoms with Gasteiger partial charge in [-0.25, -0.2) is 4.98 Å². The number of ether oxygens (including phenoxy) is 1. The lowest BCUT2D eigenvalue weighted by atomic mass is 9.89. The zero-order chi connectivity index (χ0) is 24.2. The molecule has 1 aromatic carbocycles. The first-order chi connectivity index (χ1) is 16.5. The third kappa shape index (κ3) is 9.29. The topological polar surface area (TPSA) is 88.2 Å². The van der Waals surface area contributed by atoms with Crippen molar-refractivity contribution in [3.63, 3.8) is 0 Å². The average molecular weight is 468 g/mol. The summed E-state index contributed by atoms with van der Waals surface area (Å²) in [5.74, 6) is 1.93. The SMILES string of the molecule is Cc1cc(N[C@@H](Cc2ccccc2)C(=O)NCCCOC(C)C)nc(NCC2CCCCC2)n1. The maximum absolute atomic E-state index is 13.1. The highest BCUT2D eigenvalue weighted by Crippen LogP contribution is 2.24. The molecule has 1 aliphatic carbocycles. The van der Waals surface area contributed by atoms with Crippen LogP contribution in [0.5, 0.6) is 0 Å². The number of hydrogen-bond acceptors (Lipinski definition) is 6. The zero-order valence-electron chi connectivity index (χ0n) is 21.0. The summed E-state index contributed by atoms with van der Waals surface area (Å²) in [7, 11) is 0. The van der Waals surface area contributed by atoms with E-state index < -0.39 is 6.04 Å². The number of carbonyl (C=O) groups excluding carboxylic acids is 1. The fourth-order valence-corrected chi connectivity index (χ4v) is 4.31. The molecule has 7 nitrogen and oxygen atoms in total. The Labute approximate surface area is 204 Å². The van der Waals surface area contributed by atoms with E-state index in [2.05, 4.69) is 25.9 Å². The van der Waals surface area contributed by atoms with E-state index in [0.717, 1.165) is 24.2 Å². The van der Waals surface area contributed by atoms with Crippen molar-refractivity contribution < 1.29 is 9.53 Å². The number of amides is 1. The highest BCUT2D eigenvalue weighted by molar-refractivity contribution is 5.84. The van der Waals surface area contributed by atoms with E-state index >= 15 is 0 Å². The summed E-state index contributed by atoms with van der Waals surface area (Å²) in [4.78, 5) is 22.3. The lowest BCUT2D eigenvalue weighted by Crippen LogP contribution is -2.42. The van der Waals surface area contributed by atoms with Gasteiger partial charge in [-0.05, 0) is 51.5 Å². The number of hydrogen-bond donors (Lipinski definition) is 3. The number of aromatic nitrogens is 2. The minimum absolute atomic E-state index is 0.0404. The number of benzene rings is 1. The second kappa shape index (κ2) is 13.9. The number of carbonyl (C=O) groups is 1. The summed E-state index contributed by atoms with van der Waals surface area (Å²) in [5.41, 5.74) is 1.97. The number of anilines is 2. The fourth-order valence-electron chi connectivity index (χ4n) is 4.31. The summed E-state index contributed by atoms with van der Waals surface area (Å²) in [6.45, 7) is 8.10. The molecule has 3 rings (SSSR count). The first kappa shape index (κ1) is 25.9. The Morgan fingerprint density at radius 3 is 2.62 bits per heavy atom. The molecule has 0 bridgehead atoms. The van der Waals surface area contributed by atoms with E-state index in [1.165, 1.54) is 32.1 Å². The maximum Gasteiger partial charge on any atom is 0.242 e. The van der Waals surface area contributed by atoms with Crippen LogP contribution >= 0.6 is 0 Å². The van der Waals surface area contributed by atoms with Crippen LogP contribution in [-0.4, -0.2) is 47.7 Å². The predicted molar refractivity (Wildman–Crippen MR) is 138 cm³/mol. The van der Waals surface area contributed by atoms with E-state index in [4.69, 9.17) is 4.74 Å².